The highest BCUT2D eigenvalue weighted by Crippen LogP contribution is 2.35. The molecule has 0 saturated carbocycles. The molecule has 1 aromatic carbocycles. The van der Waals surface area contributed by atoms with Gasteiger partial charge in [-0.05, 0) is 69.2 Å². The Kier molecular flexibility index (Phi) is 6.33. The highest BCUT2D eigenvalue weighted by atomic mass is 16.5. The molecular weight excluding hydrogens is 298 g/mol. The molecule has 1 aromatic rings. The molecule has 1 heterocycles. The van der Waals surface area contributed by atoms with Gasteiger partial charge in [-0.15, -0.1) is 0 Å². The molecule has 1 aliphatic carbocycles. The second-order valence-corrected chi connectivity index (χ2v) is 7.13. The third-order valence-corrected chi connectivity index (χ3v) is 5.50. The number of ether oxygens (including phenoxy) is 2. The van der Waals surface area contributed by atoms with Gasteiger partial charge >= 0.3 is 0 Å². The SMILES string of the molecule is CCOc1ccc(C2(CNCC3CC=CCC3)CCOCC2)cc1. The molecular formula is C21H31NO2. The van der Waals surface area contributed by atoms with Gasteiger partial charge in [0.25, 0.3) is 0 Å². The van der Waals surface area contributed by atoms with Crippen LogP contribution in [0.25, 0.3) is 0 Å². The van der Waals surface area contributed by atoms with E-state index in [0.717, 1.165) is 57.4 Å². The van der Waals surface area contributed by atoms with Crippen LogP contribution in [-0.2, 0) is 10.2 Å². The molecule has 0 radical (unpaired) electrons. The fourth-order valence-electron chi connectivity index (χ4n) is 3.96. The second kappa shape index (κ2) is 8.68. The lowest BCUT2D eigenvalue weighted by atomic mass is 9.74. The largest absolute Gasteiger partial charge is 0.494 e. The topological polar surface area (TPSA) is 30.5 Å². The molecule has 1 saturated heterocycles. The zero-order valence-corrected chi connectivity index (χ0v) is 14.9. The van der Waals surface area contributed by atoms with Gasteiger partial charge in [-0.3, -0.25) is 0 Å². The van der Waals surface area contributed by atoms with Gasteiger partial charge in [0.1, 0.15) is 5.75 Å². The van der Waals surface area contributed by atoms with Gasteiger partial charge in [0.15, 0.2) is 0 Å². The summed E-state index contributed by atoms with van der Waals surface area (Å²) in [6, 6.07) is 8.73. The maximum atomic E-state index is 5.64. The lowest BCUT2D eigenvalue weighted by Gasteiger charge is -2.38. The van der Waals surface area contributed by atoms with E-state index in [2.05, 4.69) is 41.7 Å². The van der Waals surface area contributed by atoms with Crippen molar-refractivity contribution < 1.29 is 9.47 Å². The average molecular weight is 329 g/mol. The van der Waals surface area contributed by atoms with E-state index in [-0.39, 0.29) is 5.41 Å². The average Bonchev–Trinajstić information content (AvgIpc) is 2.64. The molecule has 1 atom stereocenters. The van der Waals surface area contributed by atoms with Crippen LogP contribution in [0, 0.1) is 5.92 Å². The Morgan fingerprint density at radius 1 is 1.17 bits per heavy atom. The third kappa shape index (κ3) is 4.40. The molecule has 0 spiro atoms. The Morgan fingerprint density at radius 2 is 1.96 bits per heavy atom. The van der Waals surface area contributed by atoms with E-state index in [1.54, 1.807) is 0 Å². The Hall–Kier alpha value is -1.32. The molecule has 3 nitrogen and oxygen atoms in total. The first-order valence-electron chi connectivity index (χ1n) is 9.49. The van der Waals surface area contributed by atoms with E-state index in [9.17, 15) is 0 Å². The highest BCUT2D eigenvalue weighted by molar-refractivity contribution is 5.33. The summed E-state index contributed by atoms with van der Waals surface area (Å²) in [5, 5.41) is 3.78. The van der Waals surface area contributed by atoms with E-state index in [1.165, 1.54) is 24.8 Å². The Labute approximate surface area is 146 Å². The van der Waals surface area contributed by atoms with E-state index in [4.69, 9.17) is 9.47 Å². The molecule has 1 aliphatic heterocycles. The zero-order valence-electron chi connectivity index (χ0n) is 14.9. The van der Waals surface area contributed by atoms with Gasteiger partial charge in [0, 0.05) is 25.2 Å². The van der Waals surface area contributed by atoms with Crippen molar-refractivity contribution in [3.8, 4) is 5.75 Å². The van der Waals surface area contributed by atoms with Gasteiger partial charge in [0.05, 0.1) is 6.61 Å². The van der Waals surface area contributed by atoms with Crippen molar-refractivity contribution >= 4 is 0 Å². The smallest absolute Gasteiger partial charge is 0.119 e. The summed E-state index contributed by atoms with van der Waals surface area (Å²) in [5.41, 5.74) is 1.62. The van der Waals surface area contributed by atoms with Crippen molar-refractivity contribution in [2.75, 3.05) is 32.9 Å². The molecule has 24 heavy (non-hydrogen) atoms. The van der Waals surface area contributed by atoms with E-state index in [0.29, 0.717) is 0 Å². The second-order valence-electron chi connectivity index (χ2n) is 7.13. The van der Waals surface area contributed by atoms with Crippen molar-refractivity contribution in [2.45, 2.75) is 44.4 Å². The van der Waals surface area contributed by atoms with Gasteiger partial charge in [0.2, 0.25) is 0 Å². The van der Waals surface area contributed by atoms with Crippen LogP contribution >= 0.6 is 0 Å². The van der Waals surface area contributed by atoms with Crippen LogP contribution in [0.1, 0.15) is 44.6 Å². The minimum Gasteiger partial charge on any atom is -0.494 e. The van der Waals surface area contributed by atoms with Crippen LogP contribution in [0.4, 0.5) is 0 Å². The summed E-state index contributed by atoms with van der Waals surface area (Å²) in [6.45, 7) is 6.64. The predicted octanol–water partition coefficient (Wildman–Crippen LogP) is 4.08. The lowest BCUT2D eigenvalue weighted by molar-refractivity contribution is 0.0495. The highest BCUT2D eigenvalue weighted by Gasteiger charge is 2.34. The molecule has 132 valence electrons. The molecule has 2 aliphatic rings. The van der Waals surface area contributed by atoms with E-state index in [1.807, 2.05) is 6.92 Å². The minimum absolute atomic E-state index is 0.202. The summed E-state index contributed by atoms with van der Waals surface area (Å²) in [7, 11) is 0. The Balaban J connectivity index is 1.64. The van der Waals surface area contributed by atoms with Crippen LogP contribution in [0.2, 0.25) is 0 Å². The first-order valence-corrected chi connectivity index (χ1v) is 9.49. The van der Waals surface area contributed by atoms with Crippen LogP contribution in [0.15, 0.2) is 36.4 Å². The van der Waals surface area contributed by atoms with Crippen molar-refractivity contribution in [3.63, 3.8) is 0 Å². The maximum absolute atomic E-state index is 5.64. The molecule has 0 bridgehead atoms. The molecule has 3 rings (SSSR count). The molecule has 1 N–H and O–H groups in total. The Morgan fingerprint density at radius 3 is 2.62 bits per heavy atom. The number of hydrogen-bond acceptors (Lipinski definition) is 3. The number of rotatable bonds is 7. The van der Waals surface area contributed by atoms with Gasteiger partial charge in [-0.25, -0.2) is 0 Å². The molecule has 1 unspecified atom stereocenters. The van der Waals surface area contributed by atoms with Crippen LogP contribution in [0.5, 0.6) is 5.75 Å². The standard InChI is InChI=1S/C21H31NO2/c1-2-24-20-10-8-19(9-11-20)21(12-14-23-15-13-21)17-22-16-18-6-4-3-5-7-18/h3-4,8-11,18,22H,2,5-7,12-17H2,1H3. The predicted molar refractivity (Wildman–Crippen MR) is 98.7 cm³/mol. The third-order valence-electron chi connectivity index (χ3n) is 5.50. The van der Waals surface area contributed by atoms with Gasteiger partial charge in [-0.1, -0.05) is 24.3 Å². The molecule has 0 amide bonds. The van der Waals surface area contributed by atoms with E-state index < -0.39 is 0 Å². The summed E-state index contributed by atoms with van der Waals surface area (Å²) in [5.74, 6) is 1.76. The number of benzene rings is 1. The summed E-state index contributed by atoms with van der Waals surface area (Å²) >= 11 is 0. The van der Waals surface area contributed by atoms with Crippen molar-refractivity contribution in [3.05, 3.63) is 42.0 Å². The number of hydrogen-bond donors (Lipinski definition) is 1. The fourth-order valence-corrected chi connectivity index (χ4v) is 3.96. The first kappa shape index (κ1) is 17.5. The van der Waals surface area contributed by atoms with Crippen LogP contribution < -0.4 is 10.1 Å². The summed E-state index contributed by atoms with van der Waals surface area (Å²) in [6.07, 6.45) is 10.6. The normalized spacial score (nSPS) is 23.1. The maximum Gasteiger partial charge on any atom is 0.119 e. The summed E-state index contributed by atoms with van der Waals surface area (Å²) < 4.78 is 11.2. The first-order chi connectivity index (χ1) is 11.8. The number of nitrogens with one attached hydrogen (secondary N) is 1. The van der Waals surface area contributed by atoms with Crippen molar-refractivity contribution in [1.82, 2.24) is 5.32 Å². The van der Waals surface area contributed by atoms with Crippen LogP contribution in [0.3, 0.4) is 0 Å². The fraction of sp³-hybridized carbons (Fsp3) is 0.619. The minimum atomic E-state index is 0.202. The zero-order chi connectivity index (χ0) is 16.7. The van der Waals surface area contributed by atoms with Crippen molar-refractivity contribution in [1.29, 1.82) is 0 Å². The quantitative estimate of drug-likeness (QED) is 0.765. The molecule has 0 aromatic heterocycles. The summed E-state index contributed by atoms with van der Waals surface area (Å²) in [4.78, 5) is 0. The van der Waals surface area contributed by atoms with Crippen molar-refractivity contribution in [2.24, 2.45) is 5.92 Å². The monoisotopic (exact) mass is 329 g/mol. The number of allylic oxidation sites excluding steroid dienone is 2. The Bertz CT molecular complexity index is 517. The molecule has 3 heteroatoms. The molecule has 1 fully saturated rings. The van der Waals surface area contributed by atoms with Crippen LogP contribution in [-0.4, -0.2) is 32.9 Å². The van der Waals surface area contributed by atoms with Gasteiger partial charge < -0.3 is 14.8 Å². The van der Waals surface area contributed by atoms with Gasteiger partial charge in [-0.2, -0.15) is 0 Å². The lowest BCUT2D eigenvalue weighted by Crippen LogP contribution is -2.44. The van der Waals surface area contributed by atoms with E-state index >= 15 is 0 Å².